The lowest BCUT2D eigenvalue weighted by molar-refractivity contribution is -0.117. The fourth-order valence-electron chi connectivity index (χ4n) is 2.15. The number of hydrogen-bond donors (Lipinski definition) is 2. The molecule has 2 amide bonds. The number of amides is 2. The summed E-state index contributed by atoms with van der Waals surface area (Å²) in [6.07, 6.45) is 3.63. The molecule has 2 rings (SSSR count). The van der Waals surface area contributed by atoms with E-state index in [0.717, 1.165) is 19.6 Å². The van der Waals surface area contributed by atoms with Crippen LogP contribution in [0.1, 0.15) is 17.3 Å². The van der Waals surface area contributed by atoms with E-state index in [1.54, 1.807) is 30.5 Å². The zero-order valence-corrected chi connectivity index (χ0v) is 13.1. The predicted octanol–water partition coefficient (Wildman–Crippen LogP) is 0.943. The molecular weight excluding hydrogens is 294 g/mol. The average Bonchev–Trinajstić information content (AvgIpc) is 3.05. The highest BCUT2D eigenvalue weighted by Crippen LogP contribution is 2.09. The SMILES string of the molecule is CCN(CCn1cccn1)CC(=O)Nc1ccc(C(N)=O)cc1. The van der Waals surface area contributed by atoms with E-state index in [2.05, 4.69) is 10.4 Å². The minimum atomic E-state index is -0.487. The Bertz CT molecular complexity index is 637. The van der Waals surface area contributed by atoms with Crippen molar-refractivity contribution in [3.8, 4) is 0 Å². The van der Waals surface area contributed by atoms with E-state index >= 15 is 0 Å². The van der Waals surface area contributed by atoms with Gasteiger partial charge in [-0.1, -0.05) is 6.92 Å². The smallest absolute Gasteiger partial charge is 0.248 e. The molecule has 7 nitrogen and oxygen atoms in total. The van der Waals surface area contributed by atoms with Crippen LogP contribution in [0.15, 0.2) is 42.7 Å². The molecule has 0 aliphatic carbocycles. The largest absolute Gasteiger partial charge is 0.366 e. The van der Waals surface area contributed by atoms with Gasteiger partial charge < -0.3 is 11.1 Å². The van der Waals surface area contributed by atoms with Gasteiger partial charge in [0, 0.05) is 30.2 Å². The number of carbonyl (C=O) groups excluding carboxylic acids is 2. The Morgan fingerprint density at radius 1 is 1.30 bits per heavy atom. The second-order valence-corrected chi connectivity index (χ2v) is 5.13. The Hall–Kier alpha value is -2.67. The number of hydrogen-bond acceptors (Lipinski definition) is 4. The number of nitrogens with one attached hydrogen (secondary N) is 1. The van der Waals surface area contributed by atoms with Crippen LogP contribution >= 0.6 is 0 Å². The molecule has 23 heavy (non-hydrogen) atoms. The summed E-state index contributed by atoms with van der Waals surface area (Å²) < 4.78 is 1.84. The van der Waals surface area contributed by atoms with E-state index in [0.29, 0.717) is 17.8 Å². The van der Waals surface area contributed by atoms with Crippen molar-refractivity contribution in [1.82, 2.24) is 14.7 Å². The topological polar surface area (TPSA) is 93.2 Å². The molecule has 0 aliphatic heterocycles. The molecule has 3 N–H and O–H groups in total. The fraction of sp³-hybridized carbons (Fsp3) is 0.312. The molecule has 0 fully saturated rings. The van der Waals surface area contributed by atoms with Crippen molar-refractivity contribution in [3.63, 3.8) is 0 Å². The Balaban J connectivity index is 1.83. The van der Waals surface area contributed by atoms with E-state index in [1.165, 1.54) is 0 Å². The number of rotatable bonds is 8. The molecule has 0 saturated heterocycles. The third kappa shape index (κ3) is 5.23. The number of primary amides is 1. The van der Waals surface area contributed by atoms with E-state index < -0.39 is 5.91 Å². The van der Waals surface area contributed by atoms with Crippen LogP contribution in [0.4, 0.5) is 5.69 Å². The second-order valence-electron chi connectivity index (χ2n) is 5.13. The second kappa shape index (κ2) is 8.09. The monoisotopic (exact) mass is 315 g/mol. The fourth-order valence-corrected chi connectivity index (χ4v) is 2.15. The highest BCUT2D eigenvalue weighted by molar-refractivity contribution is 5.95. The number of benzene rings is 1. The minimum Gasteiger partial charge on any atom is -0.366 e. The molecule has 2 aromatic rings. The average molecular weight is 315 g/mol. The maximum atomic E-state index is 12.1. The first kappa shape index (κ1) is 16.7. The number of nitrogens with zero attached hydrogens (tertiary/aromatic N) is 3. The third-order valence-corrected chi connectivity index (χ3v) is 3.47. The van der Waals surface area contributed by atoms with Crippen molar-refractivity contribution in [3.05, 3.63) is 48.3 Å². The molecule has 0 saturated carbocycles. The summed E-state index contributed by atoms with van der Waals surface area (Å²) in [5.74, 6) is -0.585. The quantitative estimate of drug-likeness (QED) is 0.758. The van der Waals surface area contributed by atoms with E-state index in [-0.39, 0.29) is 5.91 Å². The molecule has 1 heterocycles. The molecule has 0 bridgehead atoms. The van der Waals surface area contributed by atoms with E-state index in [4.69, 9.17) is 5.73 Å². The van der Waals surface area contributed by atoms with Crippen LogP contribution in [0.2, 0.25) is 0 Å². The number of carbonyl (C=O) groups is 2. The molecule has 1 aromatic carbocycles. The highest BCUT2D eigenvalue weighted by atomic mass is 16.2. The van der Waals surface area contributed by atoms with Gasteiger partial charge in [-0.15, -0.1) is 0 Å². The van der Waals surface area contributed by atoms with Crippen molar-refractivity contribution in [2.24, 2.45) is 5.73 Å². The first-order chi connectivity index (χ1) is 11.1. The van der Waals surface area contributed by atoms with E-state index in [1.807, 2.05) is 28.8 Å². The Kier molecular flexibility index (Phi) is 5.87. The number of anilines is 1. The standard InChI is InChI=1S/C16H21N5O2/c1-2-20(10-11-21-9-3-8-18-21)12-15(22)19-14-6-4-13(5-7-14)16(17)23/h3-9H,2,10-12H2,1H3,(H2,17,23)(H,19,22). The van der Waals surface area contributed by atoms with Crippen LogP contribution in [0.5, 0.6) is 0 Å². The van der Waals surface area contributed by atoms with Gasteiger partial charge in [0.1, 0.15) is 0 Å². The van der Waals surface area contributed by atoms with Crippen LogP contribution in [-0.2, 0) is 11.3 Å². The van der Waals surface area contributed by atoms with Crippen LogP contribution < -0.4 is 11.1 Å². The van der Waals surface area contributed by atoms with Gasteiger partial charge >= 0.3 is 0 Å². The first-order valence-corrected chi connectivity index (χ1v) is 7.48. The van der Waals surface area contributed by atoms with Gasteiger partial charge in [0.15, 0.2) is 0 Å². The Morgan fingerprint density at radius 2 is 2.04 bits per heavy atom. The van der Waals surface area contributed by atoms with Crippen molar-refractivity contribution in [1.29, 1.82) is 0 Å². The zero-order valence-electron chi connectivity index (χ0n) is 13.1. The van der Waals surface area contributed by atoms with Crippen molar-refractivity contribution in [2.45, 2.75) is 13.5 Å². The van der Waals surface area contributed by atoms with Gasteiger partial charge in [0.25, 0.3) is 0 Å². The molecule has 0 atom stereocenters. The molecule has 1 aromatic heterocycles. The summed E-state index contributed by atoms with van der Waals surface area (Å²) in [7, 11) is 0. The van der Waals surface area contributed by atoms with Crippen LogP contribution in [-0.4, -0.2) is 46.1 Å². The summed E-state index contributed by atoms with van der Waals surface area (Å²) in [4.78, 5) is 25.1. The predicted molar refractivity (Wildman–Crippen MR) is 87.9 cm³/mol. The van der Waals surface area contributed by atoms with Crippen LogP contribution in [0.25, 0.3) is 0 Å². The molecular formula is C16H21N5O2. The lowest BCUT2D eigenvalue weighted by Crippen LogP contribution is -2.35. The summed E-state index contributed by atoms with van der Waals surface area (Å²) in [5.41, 5.74) is 6.24. The molecule has 0 radical (unpaired) electrons. The number of nitrogens with two attached hydrogens (primary N) is 1. The summed E-state index contributed by atoms with van der Waals surface area (Å²) >= 11 is 0. The lowest BCUT2D eigenvalue weighted by Gasteiger charge is -2.19. The van der Waals surface area contributed by atoms with Gasteiger partial charge in [-0.05, 0) is 36.9 Å². The first-order valence-electron chi connectivity index (χ1n) is 7.48. The summed E-state index contributed by atoms with van der Waals surface area (Å²) in [5, 5.41) is 6.95. The molecule has 7 heteroatoms. The highest BCUT2D eigenvalue weighted by Gasteiger charge is 2.10. The minimum absolute atomic E-state index is 0.0980. The molecule has 0 unspecified atom stereocenters. The molecule has 122 valence electrons. The zero-order chi connectivity index (χ0) is 16.7. The van der Waals surface area contributed by atoms with Crippen LogP contribution in [0, 0.1) is 0 Å². The van der Waals surface area contributed by atoms with Crippen LogP contribution in [0.3, 0.4) is 0 Å². The van der Waals surface area contributed by atoms with Crippen molar-refractivity contribution < 1.29 is 9.59 Å². The summed E-state index contributed by atoms with van der Waals surface area (Å²) in [6.45, 7) is 4.57. The normalized spacial score (nSPS) is 10.7. The van der Waals surface area contributed by atoms with Gasteiger partial charge in [-0.25, -0.2) is 0 Å². The third-order valence-electron chi connectivity index (χ3n) is 3.47. The van der Waals surface area contributed by atoms with Crippen molar-refractivity contribution in [2.75, 3.05) is 25.0 Å². The maximum Gasteiger partial charge on any atom is 0.248 e. The number of likely N-dealkylation sites (N-methyl/N-ethyl adjacent to an activating group) is 1. The molecule has 0 spiro atoms. The molecule has 0 aliphatic rings. The lowest BCUT2D eigenvalue weighted by atomic mass is 10.2. The van der Waals surface area contributed by atoms with Gasteiger partial charge in [0.2, 0.25) is 11.8 Å². The Morgan fingerprint density at radius 3 is 2.61 bits per heavy atom. The van der Waals surface area contributed by atoms with Gasteiger partial charge in [-0.2, -0.15) is 5.10 Å². The Labute approximate surface area is 135 Å². The van der Waals surface area contributed by atoms with Gasteiger partial charge in [-0.3, -0.25) is 19.2 Å². The van der Waals surface area contributed by atoms with Crippen molar-refractivity contribution >= 4 is 17.5 Å². The van der Waals surface area contributed by atoms with Gasteiger partial charge in [0.05, 0.1) is 13.1 Å². The number of aromatic nitrogens is 2. The maximum absolute atomic E-state index is 12.1. The van der Waals surface area contributed by atoms with E-state index in [9.17, 15) is 9.59 Å². The summed E-state index contributed by atoms with van der Waals surface area (Å²) in [6, 6.07) is 8.38.